The van der Waals surface area contributed by atoms with Gasteiger partial charge in [0.15, 0.2) is 0 Å². The molecule has 2 rings (SSSR count). The summed E-state index contributed by atoms with van der Waals surface area (Å²) in [5.41, 5.74) is 2.06. The Bertz CT molecular complexity index is 461. The quantitative estimate of drug-likeness (QED) is 0.849. The summed E-state index contributed by atoms with van der Waals surface area (Å²) in [4.78, 5) is 24.6. The Morgan fingerprint density at radius 1 is 1.47 bits per heavy atom. The summed E-state index contributed by atoms with van der Waals surface area (Å²) in [6.07, 6.45) is 4.01. The highest BCUT2D eigenvalue weighted by Gasteiger charge is 2.26. The number of nitrogens with one attached hydrogen (secondary N) is 1. The summed E-state index contributed by atoms with van der Waals surface area (Å²) in [7, 11) is 0. The molecule has 1 aliphatic rings. The van der Waals surface area contributed by atoms with Crippen molar-refractivity contribution in [2.75, 3.05) is 13.1 Å². The zero-order valence-corrected chi connectivity index (χ0v) is 11.1. The number of carbonyl (C=O) groups excluding carboxylic acids is 1. The van der Waals surface area contributed by atoms with Crippen LogP contribution in [0.3, 0.4) is 0 Å². The molecule has 1 amide bonds. The fourth-order valence-corrected chi connectivity index (χ4v) is 2.40. The molecule has 6 heteroatoms. The van der Waals surface area contributed by atoms with Crippen molar-refractivity contribution in [1.82, 2.24) is 15.1 Å². The second kappa shape index (κ2) is 5.86. The second-order valence-corrected chi connectivity index (χ2v) is 5.01. The molecule has 2 heterocycles. The average molecular weight is 265 g/mol. The van der Waals surface area contributed by atoms with Crippen LogP contribution in [0.5, 0.6) is 0 Å². The number of carboxylic acids is 1. The molecular weight excluding hydrogens is 246 g/mol. The van der Waals surface area contributed by atoms with E-state index < -0.39 is 5.97 Å². The number of carboxylic acid groups (broad SMARTS) is 1. The Kier molecular flexibility index (Phi) is 4.19. The van der Waals surface area contributed by atoms with Crippen molar-refractivity contribution >= 4 is 11.9 Å². The van der Waals surface area contributed by atoms with Gasteiger partial charge in [-0.3, -0.25) is 14.7 Å². The first-order chi connectivity index (χ1) is 9.08. The lowest BCUT2D eigenvalue weighted by Crippen LogP contribution is -2.40. The Morgan fingerprint density at radius 2 is 2.16 bits per heavy atom. The Morgan fingerprint density at radius 3 is 2.68 bits per heavy atom. The van der Waals surface area contributed by atoms with Crippen molar-refractivity contribution in [1.29, 1.82) is 0 Å². The van der Waals surface area contributed by atoms with Gasteiger partial charge in [-0.25, -0.2) is 0 Å². The molecular formula is C13H19N3O3. The normalized spacial score (nSPS) is 16.6. The zero-order chi connectivity index (χ0) is 13.8. The number of hydrogen-bond donors (Lipinski definition) is 2. The highest BCUT2D eigenvalue weighted by molar-refractivity contribution is 5.77. The third kappa shape index (κ3) is 3.33. The van der Waals surface area contributed by atoms with Gasteiger partial charge in [0.05, 0.1) is 12.1 Å². The van der Waals surface area contributed by atoms with Crippen LogP contribution in [0.25, 0.3) is 0 Å². The Hall–Kier alpha value is -1.85. The summed E-state index contributed by atoms with van der Waals surface area (Å²) in [5.74, 6) is -0.939. The number of aromatic nitrogens is 2. The number of piperidine rings is 1. The maximum Gasteiger partial charge on any atom is 0.306 e. The van der Waals surface area contributed by atoms with Crippen LogP contribution in [0, 0.1) is 12.8 Å². The molecule has 2 N–H and O–H groups in total. The fraction of sp³-hybridized carbons (Fsp3) is 0.615. The van der Waals surface area contributed by atoms with Crippen molar-refractivity contribution in [3.63, 3.8) is 0 Å². The number of rotatable bonds is 4. The number of aromatic amines is 1. The Balaban J connectivity index is 1.79. The topological polar surface area (TPSA) is 86.3 Å². The molecule has 0 aromatic carbocycles. The molecule has 1 saturated heterocycles. The maximum atomic E-state index is 12.0. The zero-order valence-electron chi connectivity index (χ0n) is 11.1. The number of aliphatic carboxylic acids is 1. The number of amides is 1. The van der Waals surface area contributed by atoms with Gasteiger partial charge in [0.25, 0.3) is 0 Å². The average Bonchev–Trinajstić information content (AvgIpc) is 2.81. The molecule has 6 nitrogen and oxygen atoms in total. The maximum absolute atomic E-state index is 12.0. The highest BCUT2D eigenvalue weighted by Crippen LogP contribution is 2.18. The monoisotopic (exact) mass is 265 g/mol. The van der Waals surface area contributed by atoms with Gasteiger partial charge in [0.2, 0.25) is 5.91 Å². The van der Waals surface area contributed by atoms with E-state index in [0.717, 1.165) is 11.3 Å². The van der Waals surface area contributed by atoms with E-state index >= 15 is 0 Å². The third-order valence-corrected chi connectivity index (χ3v) is 3.74. The van der Waals surface area contributed by atoms with Crippen molar-refractivity contribution in [2.24, 2.45) is 5.92 Å². The summed E-state index contributed by atoms with van der Waals surface area (Å²) in [6, 6.07) is 0. The first-order valence-corrected chi connectivity index (χ1v) is 6.57. The van der Waals surface area contributed by atoms with Crippen LogP contribution in [-0.4, -0.2) is 45.2 Å². The second-order valence-electron chi connectivity index (χ2n) is 5.01. The number of aryl methyl sites for hydroxylation is 2. The van der Waals surface area contributed by atoms with Crippen LogP contribution in [0.15, 0.2) is 6.20 Å². The van der Waals surface area contributed by atoms with Crippen molar-refractivity contribution in [3.8, 4) is 0 Å². The summed E-state index contributed by atoms with van der Waals surface area (Å²) in [6.45, 7) is 3.05. The van der Waals surface area contributed by atoms with Gasteiger partial charge in [-0.15, -0.1) is 0 Å². The molecule has 0 atom stereocenters. The fourth-order valence-electron chi connectivity index (χ4n) is 2.40. The van der Waals surface area contributed by atoms with Crippen LogP contribution in [0.4, 0.5) is 0 Å². The molecule has 19 heavy (non-hydrogen) atoms. The molecule has 1 aromatic heterocycles. The van der Waals surface area contributed by atoms with Crippen LogP contribution in [0.2, 0.25) is 0 Å². The number of hydrogen-bond acceptors (Lipinski definition) is 3. The van der Waals surface area contributed by atoms with Gasteiger partial charge in [-0.2, -0.15) is 5.10 Å². The van der Waals surface area contributed by atoms with E-state index in [2.05, 4.69) is 10.2 Å². The molecule has 0 aliphatic carbocycles. The summed E-state index contributed by atoms with van der Waals surface area (Å²) >= 11 is 0. The van der Waals surface area contributed by atoms with Crippen LogP contribution >= 0.6 is 0 Å². The smallest absolute Gasteiger partial charge is 0.306 e. The molecule has 0 radical (unpaired) electrons. The van der Waals surface area contributed by atoms with Crippen LogP contribution < -0.4 is 0 Å². The minimum Gasteiger partial charge on any atom is -0.481 e. The van der Waals surface area contributed by atoms with Gasteiger partial charge >= 0.3 is 5.97 Å². The molecule has 1 aliphatic heterocycles. The molecule has 0 spiro atoms. The number of likely N-dealkylation sites (tertiary alicyclic amines) is 1. The molecule has 0 saturated carbocycles. The molecule has 1 aromatic rings. The molecule has 0 unspecified atom stereocenters. The lowest BCUT2D eigenvalue weighted by molar-refractivity contribution is -0.145. The van der Waals surface area contributed by atoms with E-state index in [0.29, 0.717) is 38.8 Å². The minimum atomic E-state index is -0.749. The lowest BCUT2D eigenvalue weighted by Gasteiger charge is -2.30. The predicted molar refractivity (Wildman–Crippen MR) is 68.6 cm³/mol. The van der Waals surface area contributed by atoms with E-state index in [1.165, 1.54) is 0 Å². The van der Waals surface area contributed by atoms with E-state index in [1.54, 1.807) is 11.1 Å². The predicted octanol–water partition coefficient (Wildman–Crippen LogP) is 0.974. The van der Waals surface area contributed by atoms with Crippen molar-refractivity contribution < 1.29 is 14.7 Å². The minimum absolute atomic E-state index is 0.101. The van der Waals surface area contributed by atoms with Crippen LogP contribution in [0.1, 0.15) is 30.5 Å². The number of nitrogens with zero attached hydrogens (tertiary/aromatic N) is 2. The number of H-pyrrole nitrogens is 1. The van der Waals surface area contributed by atoms with Crippen molar-refractivity contribution in [2.45, 2.75) is 32.6 Å². The van der Waals surface area contributed by atoms with E-state index in [-0.39, 0.29) is 11.8 Å². The van der Waals surface area contributed by atoms with Crippen molar-refractivity contribution in [3.05, 3.63) is 17.5 Å². The van der Waals surface area contributed by atoms with E-state index in [9.17, 15) is 9.59 Å². The van der Waals surface area contributed by atoms with Gasteiger partial charge in [0.1, 0.15) is 0 Å². The molecule has 0 bridgehead atoms. The largest absolute Gasteiger partial charge is 0.481 e. The van der Waals surface area contributed by atoms with Gasteiger partial charge in [-0.05, 0) is 31.7 Å². The van der Waals surface area contributed by atoms with E-state index in [4.69, 9.17) is 5.11 Å². The number of carbonyl (C=O) groups is 2. The highest BCUT2D eigenvalue weighted by atomic mass is 16.4. The molecule has 1 fully saturated rings. The van der Waals surface area contributed by atoms with Gasteiger partial charge in [-0.1, -0.05) is 0 Å². The molecule has 104 valence electrons. The third-order valence-electron chi connectivity index (χ3n) is 3.74. The first kappa shape index (κ1) is 13.6. The summed E-state index contributed by atoms with van der Waals surface area (Å²) in [5, 5.41) is 15.7. The van der Waals surface area contributed by atoms with Crippen LogP contribution in [-0.2, 0) is 16.0 Å². The SMILES string of the molecule is Cc1[nH]ncc1CCC(=O)N1CCC(C(=O)O)CC1. The van der Waals surface area contributed by atoms with Gasteiger partial charge in [0, 0.05) is 25.2 Å². The van der Waals surface area contributed by atoms with Gasteiger partial charge < -0.3 is 10.0 Å². The van der Waals surface area contributed by atoms with E-state index in [1.807, 2.05) is 6.92 Å². The summed E-state index contributed by atoms with van der Waals surface area (Å²) < 4.78 is 0. The lowest BCUT2D eigenvalue weighted by atomic mass is 9.97. The Labute approximate surface area is 111 Å². The first-order valence-electron chi connectivity index (χ1n) is 6.57. The standard InChI is InChI=1S/C13H19N3O3/c1-9-11(8-14-15-9)2-3-12(17)16-6-4-10(5-7-16)13(18)19/h8,10H,2-7H2,1H3,(H,14,15)(H,18,19).